The van der Waals surface area contributed by atoms with Gasteiger partial charge in [0, 0.05) is 38.7 Å². The molecule has 0 aliphatic heterocycles. The Balaban J connectivity index is 1.13. The van der Waals surface area contributed by atoms with Crippen LogP contribution in [0.3, 0.4) is 0 Å². The number of fused-ring (bicyclic) bond motifs is 8. The first-order valence-corrected chi connectivity index (χ1v) is 19.1. The van der Waals surface area contributed by atoms with E-state index in [1.165, 1.54) is 54.9 Å². The van der Waals surface area contributed by atoms with Crippen molar-refractivity contribution in [1.82, 2.24) is 0 Å². The van der Waals surface area contributed by atoms with Gasteiger partial charge in [-0.3, -0.25) is 0 Å². The molecule has 260 valence electrons. The van der Waals surface area contributed by atoms with Crippen LogP contribution in [-0.2, 0) is 5.41 Å². The first-order chi connectivity index (χ1) is 27.0. The molecule has 0 spiro atoms. The molecular formula is C53H37NO. The van der Waals surface area contributed by atoms with Crippen molar-refractivity contribution in [3.8, 4) is 33.4 Å². The molecule has 2 heteroatoms. The molecule has 11 rings (SSSR count). The van der Waals surface area contributed by atoms with Crippen molar-refractivity contribution >= 4 is 60.5 Å². The Morgan fingerprint density at radius 3 is 1.89 bits per heavy atom. The molecule has 0 bridgehead atoms. The fourth-order valence-corrected chi connectivity index (χ4v) is 9.04. The second-order valence-electron chi connectivity index (χ2n) is 15.3. The molecule has 0 atom stereocenters. The van der Waals surface area contributed by atoms with Gasteiger partial charge in [-0.15, -0.1) is 0 Å². The highest BCUT2D eigenvalue weighted by atomic mass is 16.3. The molecule has 0 saturated carbocycles. The van der Waals surface area contributed by atoms with Gasteiger partial charge in [0.05, 0.1) is 5.69 Å². The Hall–Kier alpha value is -6.90. The van der Waals surface area contributed by atoms with Crippen LogP contribution in [0.4, 0.5) is 17.1 Å². The van der Waals surface area contributed by atoms with Crippen molar-refractivity contribution in [2.24, 2.45) is 0 Å². The molecule has 1 heterocycles. The van der Waals surface area contributed by atoms with E-state index < -0.39 is 0 Å². The van der Waals surface area contributed by atoms with Gasteiger partial charge in [0.15, 0.2) is 0 Å². The monoisotopic (exact) mass is 703 g/mol. The Kier molecular flexibility index (Phi) is 6.93. The number of rotatable bonds is 5. The minimum absolute atomic E-state index is 0.135. The van der Waals surface area contributed by atoms with Crippen LogP contribution in [0.1, 0.15) is 25.0 Å². The summed E-state index contributed by atoms with van der Waals surface area (Å²) in [6, 6.07) is 68.5. The van der Waals surface area contributed by atoms with Gasteiger partial charge in [-0.05, 0) is 103 Å². The SMILES string of the molecule is CC1(C)c2ccccc2-c2ccc(N(c3cccc(-c4ccc5ccccc5c4)c3)c3ccccc3-c3cccc4c3oc3cc5ccccc5cc34)cc21. The van der Waals surface area contributed by atoms with E-state index in [9.17, 15) is 0 Å². The molecule has 1 aromatic heterocycles. The molecule has 9 aromatic carbocycles. The minimum Gasteiger partial charge on any atom is -0.455 e. The molecule has 1 aliphatic carbocycles. The zero-order valence-electron chi connectivity index (χ0n) is 30.8. The van der Waals surface area contributed by atoms with Crippen molar-refractivity contribution in [3.05, 3.63) is 199 Å². The summed E-state index contributed by atoms with van der Waals surface area (Å²) in [6.07, 6.45) is 0. The van der Waals surface area contributed by atoms with Gasteiger partial charge >= 0.3 is 0 Å². The molecule has 1 aliphatic rings. The van der Waals surface area contributed by atoms with Crippen LogP contribution in [0.2, 0.25) is 0 Å². The van der Waals surface area contributed by atoms with Gasteiger partial charge in [-0.2, -0.15) is 0 Å². The topological polar surface area (TPSA) is 16.4 Å². The van der Waals surface area contributed by atoms with Crippen LogP contribution in [0.25, 0.3) is 76.9 Å². The van der Waals surface area contributed by atoms with E-state index in [4.69, 9.17) is 4.42 Å². The van der Waals surface area contributed by atoms with Gasteiger partial charge in [0.2, 0.25) is 0 Å². The average molecular weight is 704 g/mol. The minimum atomic E-state index is -0.135. The van der Waals surface area contributed by atoms with E-state index >= 15 is 0 Å². The van der Waals surface area contributed by atoms with Crippen molar-refractivity contribution in [2.75, 3.05) is 4.90 Å². The standard InChI is InChI=1S/C53H37NO/c1-53(2)48-23-9-7-19-42(48)43-28-27-41(33-49(43)53)54(40-18-11-17-36(30-40)39-26-25-34-13-3-4-14-35(34)29-39)50-24-10-8-20-44(50)45-21-12-22-46-47-31-37-15-5-6-16-38(37)32-51(47)55-52(45)46/h3-33H,1-2H3. The first-order valence-electron chi connectivity index (χ1n) is 19.1. The number of hydrogen-bond acceptors (Lipinski definition) is 2. The Morgan fingerprint density at radius 1 is 0.400 bits per heavy atom. The third-order valence-corrected chi connectivity index (χ3v) is 11.8. The van der Waals surface area contributed by atoms with E-state index in [2.05, 4.69) is 207 Å². The molecule has 0 saturated heterocycles. The summed E-state index contributed by atoms with van der Waals surface area (Å²) >= 11 is 0. The second kappa shape index (κ2) is 12.1. The predicted molar refractivity (Wildman–Crippen MR) is 232 cm³/mol. The fourth-order valence-electron chi connectivity index (χ4n) is 9.04. The van der Waals surface area contributed by atoms with Crippen LogP contribution in [0.15, 0.2) is 192 Å². The summed E-state index contributed by atoms with van der Waals surface area (Å²) in [7, 11) is 0. The quantitative estimate of drug-likeness (QED) is 0.177. The third-order valence-electron chi connectivity index (χ3n) is 11.8. The van der Waals surface area contributed by atoms with Crippen LogP contribution < -0.4 is 4.90 Å². The van der Waals surface area contributed by atoms with E-state index in [1.807, 2.05) is 0 Å². The maximum atomic E-state index is 6.81. The van der Waals surface area contributed by atoms with Crippen LogP contribution >= 0.6 is 0 Å². The molecule has 0 N–H and O–H groups in total. The lowest BCUT2D eigenvalue weighted by Gasteiger charge is -2.30. The van der Waals surface area contributed by atoms with Crippen molar-refractivity contribution in [3.63, 3.8) is 0 Å². The van der Waals surface area contributed by atoms with Gasteiger partial charge in [0.1, 0.15) is 11.2 Å². The van der Waals surface area contributed by atoms with Crippen LogP contribution in [-0.4, -0.2) is 0 Å². The first kappa shape index (κ1) is 31.6. The predicted octanol–water partition coefficient (Wildman–Crippen LogP) is 15.0. The second-order valence-corrected chi connectivity index (χ2v) is 15.3. The Bertz CT molecular complexity index is 3150. The summed E-state index contributed by atoms with van der Waals surface area (Å²) < 4.78 is 6.81. The number of anilines is 3. The lowest BCUT2D eigenvalue weighted by Crippen LogP contribution is -2.17. The van der Waals surface area contributed by atoms with Gasteiger partial charge in [0.25, 0.3) is 0 Å². The zero-order valence-corrected chi connectivity index (χ0v) is 30.8. The average Bonchev–Trinajstić information content (AvgIpc) is 3.71. The summed E-state index contributed by atoms with van der Waals surface area (Å²) in [5.41, 5.74) is 14.8. The lowest BCUT2D eigenvalue weighted by molar-refractivity contribution is 0.660. The molecule has 10 aromatic rings. The van der Waals surface area contributed by atoms with Crippen LogP contribution in [0, 0.1) is 0 Å². The lowest BCUT2D eigenvalue weighted by atomic mass is 9.82. The maximum absolute atomic E-state index is 6.81. The highest BCUT2D eigenvalue weighted by Crippen LogP contribution is 2.52. The number of nitrogens with zero attached hydrogens (tertiary/aromatic N) is 1. The summed E-state index contributed by atoms with van der Waals surface area (Å²) in [6.45, 7) is 4.71. The third kappa shape index (κ3) is 4.95. The van der Waals surface area contributed by atoms with Crippen molar-refractivity contribution < 1.29 is 4.42 Å². The molecule has 2 nitrogen and oxygen atoms in total. The smallest absolute Gasteiger partial charge is 0.143 e. The zero-order chi connectivity index (χ0) is 36.7. The van der Waals surface area contributed by atoms with Crippen LogP contribution in [0.5, 0.6) is 0 Å². The van der Waals surface area contributed by atoms with E-state index in [0.717, 1.165) is 50.1 Å². The highest BCUT2D eigenvalue weighted by Gasteiger charge is 2.36. The molecule has 0 radical (unpaired) electrons. The Morgan fingerprint density at radius 2 is 1.04 bits per heavy atom. The van der Waals surface area contributed by atoms with Crippen molar-refractivity contribution in [2.45, 2.75) is 19.3 Å². The highest BCUT2D eigenvalue weighted by molar-refractivity contribution is 6.14. The normalized spacial score (nSPS) is 13.1. The maximum Gasteiger partial charge on any atom is 0.143 e. The summed E-state index contributed by atoms with van der Waals surface area (Å²) in [5.74, 6) is 0. The number of furan rings is 1. The van der Waals surface area contributed by atoms with Gasteiger partial charge in [-0.1, -0.05) is 153 Å². The molecule has 0 amide bonds. The number of hydrogen-bond donors (Lipinski definition) is 0. The molecule has 55 heavy (non-hydrogen) atoms. The van der Waals surface area contributed by atoms with Crippen molar-refractivity contribution in [1.29, 1.82) is 0 Å². The molecule has 0 unspecified atom stereocenters. The van der Waals surface area contributed by atoms with E-state index in [0.29, 0.717) is 0 Å². The molecule has 0 fully saturated rings. The van der Waals surface area contributed by atoms with E-state index in [-0.39, 0.29) is 5.41 Å². The Labute approximate surface area is 320 Å². The summed E-state index contributed by atoms with van der Waals surface area (Å²) in [5, 5.41) is 7.12. The van der Waals surface area contributed by atoms with Gasteiger partial charge < -0.3 is 9.32 Å². The number of benzene rings is 9. The fraction of sp³-hybridized carbons (Fsp3) is 0.0566. The van der Waals surface area contributed by atoms with Gasteiger partial charge in [-0.25, -0.2) is 0 Å². The summed E-state index contributed by atoms with van der Waals surface area (Å²) in [4.78, 5) is 2.44. The molecular weight excluding hydrogens is 667 g/mol. The van der Waals surface area contributed by atoms with E-state index in [1.54, 1.807) is 0 Å². The number of para-hydroxylation sites is 2. The largest absolute Gasteiger partial charge is 0.455 e.